The SMILES string of the molecule is COc1ccccc1C1CCCC(=Nc2ccc(Br)nc2Br)C1. The van der Waals surface area contributed by atoms with E-state index in [1.165, 1.54) is 17.7 Å². The number of halogens is 2. The van der Waals surface area contributed by atoms with E-state index in [9.17, 15) is 0 Å². The first-order valence-electron chi connectivity index (χ1n) is 7.69. The molecule has 1 saturated carbocycles. The molecule has 0 N–H and O–H groups in total. The van der Waals surface area contributed by atoms with E-state index in [4.69, 9.17) is 9.73 Å². The highest BCUT2D eigenvalue weighted by molar-refractivity contribution is 9.11. The van der Waals surface area contributed by atoms with Crippen molar-refractivity contribution in [2.24, 2.45) is 4.99 Å². The lowest BCUT2D eigenvalue weighted by molar-refractivity contribution is 0.402. The van der Waals surface area contributed by atoms with Crippen LogP contribution < -0.4 is 4.74 Å². The third-order valence-electron chi connectivity index (χ3n) is 4.15. The van der Waals surface area contributed by atoms with Crippen molar-refractivity contribution in [3.63, 3.8) is 0 Å². The largest absolute Gasteiger partial charge is 0.496 e. The molecule has 1 aliphatic rings. The van der Waals surface area contributed by atoms with Crippen LogP contribution in [0.3, 0.4) is 0 Å². The van der Waals surface area contributed by atoms with Crippen molar-refractivity contribution < 1.29 is 4.74 Å². The predicted molar refractivity (Wildman–Crippen MR) is 101 cm³/mol. The zero-order valence-corrected chi connectivity index (χ0v) is 16.1. The topological polar surface area (TPSA) is 34.5 Å². The van der Waals surface area contributed by atoms with E-state index in [1.807, 2.05) is 24.3 Å². The molecule has 0 aliphatic heterocycles. The predicted octanol–water partition coefficient (Wildman–Crippen LogP) is 6.05. The van der Waals surface area contributed by atoms with E-state index in [2.05, 4.69) is 49.0 Å². The second-order valence-electron chi connectivity index (χ2n) is 5.66. The summed E-state index contributed by atoms with van der Waals surface area (Å²) < 4.78 is 7.11. The smallest absolute Gasteiger partial charge is 0.133 e. The van der Waals surface area contributed by atoms with Crippen molar-refractivity contribution in [1.82, 2.24) is 4.98 Å². The Morgan fingerprint density at radius 2 is 2.00 bits per heavy atom. The molecule has 0 spiro atoms. The molecular weight excluding hydrogens is 420 g/mol. The molecule has 120 valence electrons. The van der Waals surface area contributed by atoms with E-state index in [-0.39, 0.29) is 0 Å². The molecule has 5 heteroatoms. The van der Waals surface area contributed by atoms with Crippen molar-refractivity contribution >= 4 is 43.3 Å². The number of ether oxygens (including phenoxy) is 1. The summed E-state index contributed by atoms with van der Waals surface area (Å²) in [6, 6.07) is 12.2. The molecule has 1 heterocycles. The third kappa shape index (κ3) is 4.01. The Morgan fingerprint density at radius 1 is 1.17 bits per heavy atom. The third-order valence-corrected chi connectivity index (χ3v) is 5.18. The molecule has 1 fully saturated rings. The van der Waals surface area contributed by atoms with Gasteiger partial charge in [-0.05, 0) is 87.2 Å². The number of rotatable bonds is 3. The van der Waals surface area contributed by atoms with Gasteiger partial charge in [-0.2, -0.15) is 0 Å². The summed E-state index contributed by atoms with van der Waals surface area (Å²) in [6.45, 7) is 0. The summed E-state index contributed by atoms with van der Waals surface area (Å²) >= 11 is 6.86. The van der Waals surface area contributed by atoms with Crippen LogP contribution in [-0.2, 0) is 0 Å². The van der Waals surface area contributed by atoms with Crippen molar-refractivity contribution in [1.29, 1.82) is 0 Å². The first-order valence-corrected chi connectivity index (χ1v) is 9.27. The summed E-state index contributed by atoms with van der Waals surface area (Å²) in [7, 11) is 1.74. The number of pyridine rings is 1. The normalized spacial score (nSPS) is 19.8. The number of aromatic nitrogens is 1. The maximum atomic E-state index is 5.52. The molecule has 1 unspecified atom stereocenters. The average molecular weight is 438 g/mol. The number of para-hydroxylation sites is 1. The van der Waals surface area contributed by atoms with Crippen LogP contribution in [0.2, 0.25) is 0 Å². The highest BCUT2D eigenvalue weighted by Crippen LogP contribution is 2.37. The molecule has 23 heavy (non-hydrogen) atoms. The fraction of sp³-hybridized carbons (Fsp3) is 0.333. The standard InChI is InChI=1S/C18H18Br2N2O/c1-23-16-8-3-2-7-14(16)12-5-4-6-13(11-12)21-15-9-10-17(19)22-18(15)20/h2-3,7-10,12H,4-6,11H2,1H3. The lowest BCUT2D eigenvalue weighted by Gasteiger charge is -2.25. The number of benzene rings is 1. The lowest BCUT2D eigenvalue weighted by Crippen LogP contribution is -2.14. The molecular formula is C18H18Br2N2O. The number of methoxy groups -OCH3 is 1. The van der Waals surface area contributed by atoms with Gasteiger partial charge in [0.2, 0.25) is 0 Å². The van der Waals surface area contributed by atoms with Gasteiger partial charge < -0.3 is 4.74 Å². The average Bonchev–Trinajstić information content (AvgIpc) is 2.58. The second-order valence-corrected chi connectivity index (χ2v) is 7.22. The van der Waals surface area contributed by atoms with E-state index >= 15 is 0 Å². The van der Waals surface area contributed by atoms with Gasteiger partial charge in [0.05, 0.1) is 12.8 Å². The van der Waals surface area contributed by atoms with Crippen molar-refractivity contribution in [3.8, 4) is 5.75 Å². The minimum absolute atomic E-state index is 0.473. The highest BCUT2D eigenvalue weighted by atomic mass is 79.9. The summed E-state index contributed by atoms with van der Waals surface area (Å²) in [5, 5.41) is 0. The van der Waals surface area contributed by atoms with E-state index in [0.29, 0.717) is 5.92 Å². The Balaban J connectivity index is 1.84. The van der Waals surface area contributed by atoms with E-state index in [0.717, 1.165) is 39.9 Å². The Kier molecular flexibility index (Phi) is 5.49. The monoisotopic (exact) mass is 436 g/mol. The summed E-state index contributed by atoms with van der Waals surface area (Å²) in [5.41, 5.74) is 3.41. The first-order chi connectivity index (χ1) is 11.2. The molecule has 0 radical (unpaired) electrons. The van der Waals surface area contributed by atoms with Gasteiger partial charge in [-0.25, -0.2) is 4.98 Å². The molecule has 1 aromatic carbocycles. The number of hydrogen-bond acceptors (Lipinski definition) is 3. The van der Waals surface area contributed by atoms with Gasteiger partial charge in [-0.3, -0.25) is 4.99 Å². The zero-order chi connectivity index (χ0) is 16.2. The van der Waals surface area contributed by atoms with Gasteiger partial charge in [0.25, 0.3) is 0 Å². The summed E-state index contributed by atoms with van der Waals surface area (Å²) in [6.07, 6.45) is 4.36. The van der Waals surface area contributed by atoms with Crippen LogP contribution in [-0.4, -0.2) is 17.8 Å². The van der Waals surface area contributed by atoms with Crippen LogP contribution in [0.5, 0.6) is 5.75 Å². The molecule has 1 atom stereocenters. The van der Waals surface area contributed by atoms with Crippen LogP contribution in [0.15, 0.2) is 50.6 Å². The highest BCUT2D eigenvalue weighted by Gasteiger charge is 2.22. The summed E-state index contributed by atoms with van der Waals surface area (Å²) in [5.74, 6) is 1.45. The van der Waals surface area contributed by atoms with Gasteiger partial charge in [0.1, 0.15) is 15.0 Å². The first kappa shape index (κ1) is 16.7. The Bertz CT molecular complexity index is 731. The number of hydrogen-bond donors (Lipinski definition) is 0. The van der Waals surface area contributed by atoms with Gasteiger partial charge in [0, 0.05) is 5.71 Å². The van der Waals surface area contributed by atoms with Gasteiger partial charge in [-0.1, -0.05) is 18.2 Å². The molecule has 3 rings (SSSR count). The van der Waals surface area contributed by atoms with Crippen LogP contribution >= 0.6 is 31.9 Å². The van der Waals surface area contributed by atoms with Crippen LogP contribution in [0.1, 0.15) is 37.2 Å². The number of nitrogens with zero attached hydrogens (tertiary/aromatic N) is 2. The van der Waals surface area contributed by atoms with E-state index < -0.39 is 0 Å². The quantitative estimate of drug-likeness (QED) is 0.548. The molecule has 0 saturated heterocycles. The second kappa shape index (κ2) is 7.58. The minimum Gasteiger partial charge on any atom is -0.496 e. The maximum Gasteiger partial charge on any atom is 0.133 e. The minimum atomic E-state index is 0.473. The number of aliphatic imine (C=N–C) groups is 1. The summed E-state index contributed by atoms with van der Waals surface area (Å²) in [4.78, 5) is 9.19. The van der Waals surface area contributed by atoms with Gasteiger partial charge in [0.15, 0.2) is 0 Å². The van der Waals surface area contributed by atoms with Crippen LogP contribution in [0, 0.1) is 0 Å². The van der Waals surface area contributed by atoms with E-state index in [1.54, 1.807) is 7.11 Å². The molecule has 0 bridgehead atoms. The molecule has 1 aromatic heterocycles. The maximum absolute atomic E-state index is 5.52. The Labute approximate surface area is 153 Å². The Hall–Kier alpha value is -1.20. The van der Waals surface area contributed by atoms with Crippen LogP contribution in [0.4, 0.5) is 5.69 Å². The van der Waals surface area contributed by atoms with Crippen LogP contribution in [0.25, 0.3) is 0 Å². The molecule has 1 aliphatic carbocycles. The van der Waals surface area contributed by atoms with Gasteiger partial charge >= 0.3 is 0 Å². The van der Waals surface area contributed by atoms with Crippen molar-refractivity contribution in [2.75, 3.05) is 7.11 Å². The zero-order valence-electron chi connectivity index (χ0n) is 12.9. The van der Waals surface area contributed by atoms with Gasteiger partial charge in [-0.15, -0.1) is 0 Å². The van der Waals surface area contributed by atoms with Crippen molar-refractivity contribution in [3.05, 3.63) is 51.2 Å². The molecule has 0 amide bonds. The fourth-order valence-electron chi connectivity index (χ4n) is 3.07. The Morgan fingerprint density at radius 3 is 2.78 bits per heavy atom. The van der Waals surface area contributed by atoms with Crippen molar-refractivity contribution in [2.45, 2.75) is 31.6 Å². The lowest BCUT2D eigenvalue weighted by atomic mass is 9.82. The fourth-order valence-corrected chi connectivity index (χ4v) is 4.03. The molecule has 3 nitrogen and oxygen atoms in total. The molecule has 2 aromatic rings.